The third-order valence-corrected chi connectivity index (χ3v) is 1.17. The van der Waals surface area contributed by atoms with Gasteiger partial charge in [-0.05, 0) is 0 Å². The summed E-state index contributed by atoms with van der Waals surface area (Å²) in [6.07, 6.45) is 20.0. The summed E-state index contributed by atoms with van der Waals surface area (Å²) < 4.78 is 1.51. The first kappa shape index (κ1) is 21.9. The van der Waals surface area contributed by atoms with Crippen molar-refractivity contribution in [3.8, 4) is 0 Å². The third-order valence-electron chi connectivity index (χ3n) is 1.17. The molecule has 0 nitrogen and oxygen atoms in total. The van der Waals surface area contributed by atoms with Crippen molar-refractivity contribution < 1.29 is 58.2 Å². The molecule has 0 spiro atoms. The maximum Gasteiger partial charge on any atom is -0.109 e. The van der Waals surface area contributed by atoms with Gasteiger partial charge in [0.15, 0.2) is 0 Å². The smallest absolute Gasteiger partial charge is 0.109 e. The maximum absolute atomic E-state index is 2.99. The van der Waals surface area contributed by atoms with Gasteiger partial charge in [-0.15, -0.1) is 12.8 Å². The second-order valence-electron chi connectivity index (χ2n) is 3.01. The quantitative estimate of drug-likeness (QED) is 0.374. The van der Waals surface area contributed by atoms with Crippen molar-refractivity contribution in [2.24, 2.45) is 0 Å². The molecule has 0 saturated heterocycles. The number of allylic oxidation sites excluding steroid dienone is 8. The van der Waals surface area contributed by atoms with Gasteiger partial charge in [0.1, 0.15) is 0 Å². The van der Waals surface area contributed by atoms with Crippen molar-refractivity contribution in [3.63, 3.8) is 0 Å². The van der Waals surface area contributed by atoms with E-state index in [1.165, 1.54) is 3.21 Å². The Labute approximate surface area is 135 Å². The van der Waals surface area contributed by atoms with Crippen molar-refractivity contribution >= 4 is 3.21 Å². The molecule has 16 heavy (non-hydrogen) atoms. The van der Waals surface area contributed by atoms with E-state index < -0.39 is 0 Å². The Kier molecular flexibility index (Phi) is 24.7. The van der Waals surface area contributed by atoms with Crippen LogP contribution in [0.2, 0.25) is 0 Å². The molecule has 0 unspecified atom stereocenters. The molecule has 0 aliphatic heterocycles. The summed E-state index contributed by atoms with van der Waals surface area (Å²) in [7, 11) is 0. The van der Waals surface area contributed by atoms with Crippen LogP contribution in [-0.2, 0) is 24.2 Å². The van der Waals surface area contributed by atoms with E-state index in [0.29, 0.717) is 0 Å². The molecule has 0 saturated carbocycles. The van der Waals surface area contributed by atoms with Crippen molar-refractivity contribution in [1.82, 2.24) is 0 Å². The van der Waals surface area contributed by atoms with Gasteiger partial charge in [0, 0.05) is 0 Å². The molecule has 0 aromatic rings. The first-order valence-corrected chi connectivity index (χ1v) is 5.91. The molecule has 0 heterocycles. The van der Waals surface area contributed by atoms with Crippen LogP contribution in [0.5, 0.6) is 0 Å². The zero-order valence-electron chi connectivity index (χ0n) is 9.63. The van der Waals surface area contributed by atoms with E-state index >= 15 is 0 Å². The largest absolute Gasteiger partial charge is 1.00 e. The molecule has 88 valence electrons. The van der Waals surface area contributed by atoms with E-state index in [2.05, 4.69) is 38.2 Å². The van der Waals surface area contributed by atoms with Crippen LogP contribution in [0.4, 0.5) is 0 Å². The van der Waals surface area contributed by atoms with E-state index in [1.807, 2.05) is 24.3 Å². The molecule has 3 heteroatoms. The minimum Gasteiger partial charge on any atom is -1.00 e. The molecule has 2 aliphatic rings. The fourth-order valence-corrected chi connectivity index (χ4v) is 0.680. The topological polar surface area (TPSA) is 0 Å². The van der Waals surface area contributed by atoms with E-state index in [0.717, 1.165) is 12.8 Å². The third kappa shape index (κ3) is 24.1. The van der Waals surface area contributed by atoms with E-state index in [9.17, 15) is 0 Å². The van der Waals surface area contributed by atoms with Crippen LogP contribution < -0.4 is 34.0 Å². The average Bonchev–Trinajstić information content (AvgIpc) is 2.83. The molecule has 0 aromatic heterocycles. The van der Waals surface area contributed by atoms with Crippen LogP contribution in [0.25, 0.3) is 0 Å². The first-order valence-electron chi connectivity index (χ1n) is 4.68. The van der Waals surface area contributed by atoms with Crippen LogP contribution in [-0.4, -0.2) is 3.21 Å². The number of hydrogen-bond acceptors (Lipinski definition) is 0. The molecule has 0 N–H and O–H groups in total. The summed E-state index contributed by atoms with van der Waals surface area (Å²) in [5.74, 6) is 0. The van der Waals surface area contributed by atoms with Crippen molar-refractivity contribution in [3.05, 3.63) is 48.6 Å². The molecule has 0 atom stereocenters. The van der Waals surface area contributed by atoms with Crippen molar-refractivity contribution in [1.29, 1.82) is 0 Å². The average molecular weight is 423 g/mol. The van der Waals surface area contributed by atoms with Gasteiger partial charge in [-0.25, -0.2) is 24.3 Å². The van der Waals surface area contributed by atoms with E-state index in [1.54, 1.807) is 24.2 Å². The number of rotatable bonds is 0. The molecule has 0 amide bonds. The van der Waals surface area contributed by atoms with Crippen LogP contribution >= 0.6 is 0 Å². The monoisotopic (exact) mass is 420 g/mol. The Morgan fingerprint density at radius 3 is 1.31 bits per heavy atom. The van der Waals surface area contributed by atoms with E-state index in [-0.39, 0.29) is 34.0 Å². The van der Waals surface area contributed by atoms with Gasteiger partial charge in [0.05, 0.1) is 0 Å². The van der Waals surface area contributed by atoms with Crippen molar-refractivity contribution in [2.45, 2.75) is 26.7 Å². The fraction of sp³-hybridized carbons (Fsp3) is 0.308. The summed E-state index contributed by atoms with van der Waals surface area (Å²) >= 11 is 1.55. The van der Waals surface area contributed by atoms with Gasteiger partial charge in [-0.3, -0.25) is 12.2 Å². The van der Waals surface area contributed by atoms with Gasteiger partial charge >= 0.3 is 41.3 Å². The minimum absolute atomic E-state index is 0. The van der Waals surface area contributed by atoms with Crippen LogP contribution in [0.3, 0.4) is 0 Å². The summed E-state index contributed by atoms with van der Waals surface area (Å²) in [4.78, 5) is 0. The molecular weight excluding hydrogens is 407 g/mol. The standard InChI is InChI=1S/2C5H5.C3H6.2BrH.Zr/c2*1-2-4-5-3-1;1-3-2;;;/h2*1-3H,4H2;1-2H3;2*1H;/q2*-1;;;;+2/p-2. The molecule has 2 rings (SSSR count). The van der Waals surface area contributed by atoms with Gasteiger partial charge in [-0.2, -0.15) is 12.2 Å². The minimum atomic E-state index is 0. The number of hydrogen-bond donors (Lipinski definition) is 0. The Bertz CT molecular complexity index is 217. The molecular formula is C13H16Br2Zr-2. The zero-order chi connectivity index (χ0) is 10.6. The summed E-state index contributed by atoms with van der Waals surface area (Å²) in [5, 5.41) is 0. The predicted octanol–water partition coefficient (Wildman–Crippen LogP) is -2.64. The SMILES string of the molecule is C[C](C)=[Zr+2].[Br-].[Br-].[C-]1=CC=CC1.[C-]1=CC=CC1. The zero-order valence-corrected chi connectivity index (χ0v) is 15.3. The Hall–Kier alpha value is 0.673. The molecule has 0 fully saturated rings. The molecule has 0 aromatic carbocycles. The molecule has 2 aliphatic carbocycles. The Morgan fingerprint density at radius 2 is 1.25 bits per heavy atom. The Morgan fingerprint density at radius 1 is 0.938 bits per heavy atom. The first-order chi connectivity index (χ1) is 6.73. The van der Waals surface area contributed by atoms with Crippen LogP contribution in [0.1, 0.15) is 26.7 Å². The van der Waals surface area contributed by atoms with Gasteiger partial charge < -0.3 is 34.0 Å². The maximum atomic E-state index is 2.99. The van der Waals surface area contributed by atoms with Crippen LogP contribution in [0.15, 0.2) is 36.5 Å². The second-order valence-corrected chi connectivity index (χ2v) is 5.46. The Balaban J connectivity index is -0.000000151. The summed E-state index contributed by atoms with van der Waals surface area (Å²) in [5.41, 5.74) is 0. The van der Waals surface area contributed by atoms with E-state index in [4.69, 9.17) is 0 Å². The van der Waals surface area contributed by atoms with Crippen molar-refractivity contribution in [2.75, 3.05) is 0 Å². The normalized spacial score (nSPS) is 12.8. The summed E-state index contributed by atoms with van der Waals surface area (Å²) in [6, 6.07) is 0. The number of halogens is 2. The van der Waals surface area contributed by atoms with Gasteiger partial charge in [-0.1, -0.05) is 0 Å². The van der Waals surface area contributed by atoms with Gasteiger partial charge in [0.2, 0.25) is 0 Å². The molecule has 0 bridgehead atoms. The van der Waals surface area contributed by atoms with Crippen LogP contribution in [0, 0.1) is 12.2 Å². The fourth-order valence-electron chi connectivity index (χ4n) is 0.680. The predicted molar refractivity (Wildman–Crippen MR) is 59.5 cm³/mol. The second kappa shape index (κ2) is 18.0. The summed E-state index contributed by atoms with van der Waals surface area (Å²) in [6.45, 7) is 4.25. The van der Waals surface area contributed by atoms with Gasteiger partial charge in [0.25, 0.3) is 0 Å². The molecule has 0 radical (unpaired) electrons.